The van der Waals surface area contributed by atoms with E-state index in [9.17, 15) is 17.6 Å². The lowest BCUT2D eigenvalue weighted by molar-refractivity contribution is 0.0940. The third-order valence-electron chi connectivity index (χ3n) is 4.79. The molecule has 0 unspecified atom stereocenters. The predicted molar refractivity (Wildman–Crippen MR) is 115 cm³/mol. The highest BCUT2D eigenvalue weighted by Crippen LogP contribution is 2.22. The fourth-order valence-electron chi connectivity index (χ4n) is 2.91. The van der Waals surface area contributed by atoms with Gasteiger partial charge in [-0.2, -0.15) is 0 Å². The summed E-state index contributed by atoms with van der Waals surface area (Å²) >= 11 is 0. The fraction of sp³-hybridized carbons (Fsp3) is 0.174. The number of sulfonamides is 1. The van der Waals surface area contributed by atoms with Crippen molar-refractivity contribution in [1.29, 1.82) is 0 Å². The molecule has 3 rings (SSSR count). The summed E-state index contributed by atoms with van der Waals surface area (Å²) in [6.07, 6.45) is 0. The van der Waals surface area contributed by atoms with E-state index in [4.69, 9.17) is 0 Å². The Kier molecular flexibility index (Phi) is 6.22. The highest BCUT2D eigenvalue weighted by molar-refractivity contribution is 7.92. The van der Waals surface area contributed by atoms with Gasteiger partial charge in [-0.1, -0.05) is 35.9 Å². The number of nitrogens with one attached hydrogen (secondary N) is 2. The Bertz CT molecular complexity index is 1160. The summed E-state index contributed by atoms with van der Waals surface area (Å²) in [6, 6.07) is 16.9. The highest BCUT2D eigenvalue weighted by Gasteiger charge is 2.17. The van der Waals surface area contributed by atoms with Gasteiger partial charge in [0, 0.05) is 5.56 Å². The van der Waals surface area contributed by atoms with Crippen LogP contribution in [0.2, 0.25) is 0 Å². The number of aryl methyl sites for hydroxylation is 2. The molecular formula is C23H23FN2O3S. The van der Waals surface area contributed by atoms with Crippen LogP contribution in [0.3, 0.4) is 0 Å². The predicted octanol–water partition coefficient (Wildman–Crippen LogP) is 4.73. The highest BCUT2D eigenvalue weighted by atomic mass is 32.2. The molecule has 0 aliphatic rings. The van der Waals surface area contributed by atoms with Crippen LogP contribution in [0.5, 0.6) is 0 Å². The van der Waals surface area contributed by atoms with Gasteiger partial charge < -0.3 is 5.32 Å². The maximum atomic E-state index is 13.1. The third-order valence-corrected chi connectivity index (χ3v) is 6.17. The minimum absolute atomic E-state index is 0.146. The van der Waals surface area contributed by atoms with Crippen LogP contribution >= 0.6 is 0 Å². The van der Waals surface area contributed by atoms with Gasteiger partial charge in [0.25, 0.3) is 15.9 Å². The van der Waals surface area contributed by atoms with Gasteiger partial charge in [-0.25, -0.2) is 12.8 Å². The Labute approximate surface area is 176 Å². The molecule has 3 aromatic rings. The number of carbonyl (C=O) groups is 1. The van der Waals surface area contributed by atoms with Crippen molar-refractivity contribution in [3.05, 3.63) is 94.8 Å². The van der Waals surface area contributed by atoms with Crippen molar-refractivity contribution in [2.45, 2.75) is 31.7 Å². The number of carbonyl (C=O) groups excluding carboxylic acids is 1. The molecule has 0 aliphatic heterocycles. The first kappa shape index (κ1) is 21.5. The second kappa shape index (κ2) is 8.67. The van der Waals surface area contributed by atoms with Gasteiger partial charge in [-0.15, -0.1) is 0 Å². The van der Waals surface area contributed by atoms with Crippen molar-refractivity contribution in [2.24, 2.45) is 0 Å². The Hall–Kier alpha value is -3.19. The van der Waals surface area contributed by atoms with Crippen LogP contribution in [0.25, 0.3) is 0 Å². The van der Waals surface area contributed by atoms with E-state index in [1.165, 1.54) is 30.3 Å². The Morgan fingerprint density at radius 3 is 2.20 bits per heavy atom. The average molecular weight is 427 g/mol. The maximum absolute atomic E-state index is 13.1. The minimum atomic E-state index is -3.78. The normalized spacial score (nSPS) is 12.3. The number of hydrogen-bond donors (Lipinski definition) is 2. The van der Waals surface area contributed by atoms with Crippen molar-refractivity contribution in [1.82, 2.24) is 5.32 Å². The van der Waals surface area contributed by atoms with Crippen LogP contribution in [0.15, 0.2) is 71.6 Å². The lowest BCUT2D eigenvalue weighted by Gasteiger charge is -2.16. The van der Waals surface area contributed by atoms with Crippen molar-refractivity contribution >= 4 is 21.6 Å². The first-order chi connectivity index (χ1) is 14.2. The second-order valence-electron chi connectivity index (χ2n) is 7.19. The molecule has 0 aliphatic carbocycles. The third kappa shape index (κ3) is 5.04. The van der Waals surface area contributed by atoms with Gasteiger partial charge >= 0.3 is 0 Å². The summed E-state index contributed by atoms with van der Waals surface area (Å²) in [6.45, 7) is 5.43. The molecule has 0 radical (unpaired) electrons. The van der Waals surface area contributed by atoms with Gasteiger partial charge in [0.1, 0.15) is 5.82 Å². The van der Waals surface area contributed by atoms with Crippen LogP contribution in [0, 0.1) is 19.7 Å². The van der Waals surface area contributed by atoms with Crippen LogP contribution in [0.1, 0.15) is 40.0 Å². The molecule has 0 fully saturated rings. The molecule has 1 atom stereocenters. The number of hydrogen-bond acceptors (Lipinski definition) is 3. The van der Waals surface area contributed by atoms with Gasteiger partial charge in [-0.3, -0.25) is 9.52 Å². The van der Waals surface area contributed by atoms with Crippen molar-refractivity contribution in [3.8, 4) is 0 Å². The number of rotatable bonds is 6. The maximum Gasteiger partial charge on any atom is 0.261 e. The van der Waals surface area contributed by atoms with Gasteiger partial charge in [0.15, 0.2) is 0 Å². The number of amides is 1. The topological polar surface area (TPSA) is 75.3 Å². The number of benzene rings is 3. The Morgan fingerprint density at radius 1 is 0.933 bits per heavy atom. The molecule has 156 valence electrons. The SMILES string of the molecule is Cc1ccc(S(=O)(=O)Nc2cc(C(=O)N[C@@H](C)c3ccc(F)cc3)ccc2C)cc1. The molecule has 0 spiro atoms. The van der Waals surface area contributed by atoms with Crippen LogP contribution in [0.4, 0.5) is 10.1 Å². The molecule has 1 amide bonds. The summed E-state index contributed by atoms with van der Waals surface area (Å²) in [5.74, 6) is -0.705. The van der Waals surface area contributed by atoms with E-state index in [1.807, 2.05) is 6.92 Å². The average Bonchev–Trinajstić information content (AvgIpc) is 2.70. The van der Waals surface area contributed by atoms with Crippen molar-refractivity contribution in [3.63, 3.8) is 0 Å². The lowest BCUT2D eigenvalue weighted by Crippen LogP contribution is -2.26. The number of halogens is 1. The van der Waals surface area contributed by atoms with Crippen LogP contribution in [-0.2, 0) is 10.0 Å². The first-order valence-corrected chi connectivity index (χ1v) is 10.9. The Morgan fingerprint density at radius 2 is 1.57 bits per heavy atom. The molecule has 3 aromatic carbocycles. The standard InChI is InChI=1S/C23H23FN2O3S/c1-15-4-12-21(13-5-15)30(28,29)26-22-14-19(7-6-16(22)2)23(27)25-17(3)18-8-10-20(24)11-9-18/h4-14,17,26H,1-3H3,(H,25,27)/t17-/m0/s1. The van der Waals surface area contributed by atoms with Gasteiger partial charge in [0.05, 0.1) is 16.6 Å². The Balaban J connectivity index is 1.79. The largest absolute Gasteiger partial charge is 0.346 e. The van der Waals surface area contributed by atoms with Crippen LogP contribution in [-0.4, -0.2) is 14.3 Å². The van der Waals surface area contributed by atoms with E-state index in [0.717, 1.165) is 11.1 Å². The molecule has 0 heterocycles. The number of anilines is 1. The minimum Gasteiger partial charge on any atom is -0.346 e. The molecule has 2 N–H and O–H groups in total. The van der Waals surface area contributed by atoms with Gasteiger partial charge in [-0.05, 0) is 68.3 Å². The quantitative estimate of drug-likeness (QED) is 0.598. The molecule has 0 saturated heterocycles. The first-order valence-electron chi connectivity index (χ1n) is 9.42. The van der Waals surface area contributed by atoms with E-state index in [1.54, 1.807) is 50.2 Å². The molecule has 0 bridgehead atoms. The summed E-state index contributed by atoms with van der Waals surface area (Å²) in [5, 5.41) is 2.84. The van der Waals surface area contributed by atoms with Gasteiger partial charge in [0.2, 0.25) is 0 Å². The van der Waals surface area contributed by atoms with E-state index in [-0.39, 0.29) is 22.7 Å². The monoisotopic (exact) mass is 426 g/mol. The molecule has 5 nitrogen and oxygen atoms in total. The summed E-state index contributed by atoms with van der Waals surface area (Å²) in [7, 11) is -3.78. The zero-order chi connectivity index (χ0) is 21.9. The molecule has 7 heteroatoms. The van der Waals surface area contributed by atoms with E-state index in [0.29, 0.717) is 16.8 Å². The molecule has 0 saturated carbocycles. The zero-order valence-electron chi connectivity index (χ0n) is 16.9. The van der Waals surface area contributed by atoms with E-state index >= 15 is 0 Å². The summed E-state index contributed by atoms with van der Waals surface area (Å²) in [5.41, 5.74) is 3.05. The fourth-order valence-corrected chi connectivity index (χ4v) is 4.03. The molecular weight excluding hydrogens is 403 g/mol. The van der Waals surface area contributed by atoms with Crippen molar-refractivity contribution in [2.75, 3.05) is 4.72 Å². The smallest absolute Gasteiger partial charge is 0.261 e. The molecule has 0 aromatic heterocycles. The summed E-state index contributed by atoms with van der Waals surface area (Å²) < 4.78 is 41.0. The second-order valence-corrected chi connectivity index (χ2v) is 8.88. The van der Waals surface area contributed by atoms with E-state index < -0.39 is 10.0 Å². The van der Waals surface area contributed by atoms with E-state index in [2.05, 4.69) is 10.0 Å². The summed E-state index contributed by atoms with van der Waals surface area (Å²) in [4.78, 5) is 12.8. The lowest BCUT2D eigenvalue weighted by atomic mass is 10.1. The van der Waals surface area contributed by atoms with Crippen LogP contribution < -0.4 is 10.0 Å². The molecule has 30 heavy (non-hydrogen) atoms. The zero-order valence-corrected chi connectivity index (χ0v) is 17.8. The van der Waals surface area contributed by atoms with Crippen molar-refractivity contribution < 1.29 is 17.6 Å².